The molecule has 0 radical (unpaired) electrons. The Morgan fingerprint density at radius 1 is 1.00 bits per heavy atom. The molecule has 0 spiro atoms. The summed E-state index contributed by atoms with van der Waals surface area (Å²) in [5.74, 6) is 1.58. The van der Waals surface area contributed by atoms with Gasteiger partial charge in [0.1, 0.15) is 18.1 Å². The number of methoxy groups -OCH3 is 1. The van der Waals surface area contributed by atoms with Gasteiger partial charge >= 0.3 is 6.03 Å². The third-order valence-corrected chi connectivity index (χ3v) is 5.23. The zero-order chi connectivity index (χ0) is 19.8. The van der Waals surface area contributed by atoms with Crippen molar-refractivity contribution in [3.63, 3.8) is 0 Å². The number of hydrogen-bond donors (Lipinski definition) is 1. The van der Waals surface area contributed by atoms with Crippen LogP contribution in [-0.4, -0.2) is 92.7 Å². The zero-order valence-corrected chi connectivity index (χ0v) is 16.6. The number of rotatable bonds is 7. The summed E-state index contributed by atoms with van der Waals surface area (Å²) < 4.78 is 11.0. The van der Waals surface area contributed by atoms with Crippen LogP contribution < -0.4 is 14.8 Å². The summed E-state index contributed by atoms with van der Waals surface area (Å²) in [6, 6.07) is 7.41. The van der Waals surface area contributed by atoms with Crippen LogP contribution in [-0.2, 0) is 4.79 Å². The van der Waals surface area contributed by atoms with Crippen LogP contribution in [0, 0.1) is 0 Å². The van der Waals surface area contributed by atoms with E-state index in [1.807, 2.05) is 29.2 Å². The first kappa shape index (κ1) is 20.3. The average molecular weight is 390 g/mol. The molecule has 28 heavy (non-hydrogen) atoms. The van der Waals surface area contributed by atoms with Gasteiger partial charge in [-0.2, -0.15) is 0 Å². The van der Waals surface area contributed by atoms with Gasteiger partial charge in [-0.05, 0) is 25.0 Å². The van der Waals surface area contributed by atoms with E-state index in [1.54, 1.807) is 12.0 Å². The van der Waals surface area contributed by atoms with E-state index in [4.69, 9.17) is 9.47 Å². The monoisotopic (exact) mass is 390 g/mol. The first-order valence-corrected chi connectivity index (χ1v) is 9.95. The molecule has 0 saturated carbocycles. The maximum Gasteiger partial charge on any atom is 0.317 e. The molecular formula is C20H30N4O4. The molecule has 1 N–H and O–H groups in total. The number of ether oxygens (including phenoxy) is 2. The highest BCUT2D eigenvalue weighted by Crippen LogP contribution is 2.18. The lowest BCUT2D eigenvalue weighted by molar-refractivity contribution is -0.129. The normalized spacial score (nSPS) is 17.5. The van der Waals surface area contributed by atoms with Crippen LogP contribution in [0.25, 0.3) is 0 Å². The van der Waals surface area contributed by atoms with Gasteiger partial charge in [0.05, 0.1) is 13.7 Å². The molecule has 0 unspecified atom stereocenters. The Morgan fingerprint density at radius 2 is 1.71 bits per heavy atom. The van der Waals surface area contributed by atoms with Crippen molar-refractivity contribution in [1.29, 1.82) is 0 Å². The van der Waals surface area contributed by atoms with Gasteiger partial charge in [-0.1, -0.05) is 6.07 Å². The maximum atomic E-state index is 12.3. The Kier molecular flexibility index (Phi) is 7.36. The molecule has 2 aliphatic rings. The van der Waals surface area contributed by atoms with E-state index < -0.39 is 0 Å². The summed E-state index contributed by atoms with van der Waals surface area (Å²) >= 11 is 0. The Hall–Kier alpha value is -2.48. The topological polar surface area (TPSA) is 74.4 Å². The fourth-order valence-corrected chi connectivity index (χ4v) is 3.50. The predicted octanol–water partition coefficient (Wildman–Crippen LogP) is 1.02. The number of nitrogens with zero attached hydrogens (tertiary/aromatic N) is 3. The number of urea groups is 1. The van der Waals surface area contributed by atoms with E-state index in [0.717, 1.165) is 57.1 Å². The molecule has 2 heterocycles. The molecule has 0 aliphatic carbocycles. The fourth-order valence-electron chi connectivity index (χ4n) is 3.50. The molecule has 2 saturated heterocycles. The number of carbonyl (C=O) groups excluding carboxylic acids is 2. The summed E-state index contributed by atoms with van der Waals surface area (Å²) in [6.45, 7) is 6.02. The summed E-state index contributed by atoms with van der Waals surface area (Å²) in [6.07, 6.45) is 2.12. The molecule has 8 nitrogen and oxygen atoms in total. The second-order valence-electron chi connectivity index (χ2n) is 7.10. The van der Waals surface area contributed by atoms with Crippen LogP contribution in [0.2, 0.25) is 0 Å². The minimum atomic E-state index is -0.153. The first-order valence-electron chi connectivity index (χ1n) is 9.95. The largest absolute Gasteiger partial charge is 0.497 e. The van der Waals surface area contributed by atoms with Crippen LogP contribution >= 0.6 is 0 Å². The van der Waals surface area contributed by atoms with Gasteiger partial charge in [-0.3, -0.25) is 9.69 Å². The van der Waals surface area contributed by atoms with Gasteiger partial charge in [-0.15, -0.1) is 0 Å². The van der Waals surface area contributed by atoms with Gasteiger partial charge in [-0.25, -0.2) is 4.79 Å². The van der Waals surface area contributed by atoms with E-state index in [9.17, 15) is 9.59 Å². The lowest BCUT2D eigenvalue weighted by atomic mass is 10.3. The van der Waals surface area contributed by atoms with Crippen molar-refractivity contribution >= 4 is 11.9 Å². The van der Waals surface area contributed by atoms with Crippen molar-refractivity contribution in [3.05, 3.63) is 24.3 Å². The Labute approximate surface area is 166 Å². The third kappa shape index (κ3) is 5.76. The number of amides is 3. The van der Waals surface area contributed by atoms with E-state index in [0.29, 0.717) is 19.7 Å². The molecular weight excluding hydrogens is 360 g/mol. The molecule has 3 amide bonds. The molecule has 0 bridgehead atoms. The number of piperazine rings is 1. The van der Waals surface area contributed by atoms with Crippen molar-refractivity contribution in [3.8, 4) is 11.5 Å². The van der Waals surface area contributed by atoms with Crippen LogP contribution in [0.3, 0.4) is 0 Å². The smallest absolute Gasteiger partial charge is 0.317 e. The molecule has 2 fully saturated rings. The second-order valence-corrected chi connectivity index (χ2v) is 7.10. The Morgan fingerprint density at radius 3 is 2.43 bits per heavy atom. The predicted molar refractivity (Wildman–Crippen MR) is 106 cm³/mol. The molecule has 1 aromatic rings. The highest BCUT2D eigenvalue weighted by atomic mass is 16.5. The Balaban J connectivity index is 1.31. The maximum absolute atomic E-state index is 12.3. The Bertz CT molecular complexity index is 655. The van der Waals surface area contributed by atoms with Crippen LogP contribution in [0.5, 0.6) is 11.5 Å². The van der Waals surface area contributed by atoms with E-state index in [2.05, 4.69) is 10.2 Å². The highest BCUT2D eigenvalue weighted by Gasteiger charge is 2.23. The third-order valence-electron chi connectivity index (χ3n) is 5.23. The van der Waals surface area contributed by atoms with Crippen LogP contribution in [0.4, 0.5) is 4.79 Å². The van der Waals surface area contributed by atoms with Crippen molar-refractivity contribution in [2.24, 2.45) is 0 Å². The van der Waals surface area contributed by atoms with Crippen LogP contribution in [0.1, 0.15) is 12.8 Å². The van der Waals surface area contributed by atoms with Gasteiger partial charge in [0.2, 0.25) is 5.91 Å². The molecule has 0 atom stereocenters. The van der Waals surface area contributed by atoms with E-state index in [-0.39, 0.29) is 18.5 Å². The molecule has 0 aromatic heterocycles. The summed E-state index contributed by atoms with van der Waals surface area (Å²) in [5.41, 5.74) is 0. The number of nitrogens with one attached hydrogen (secondary N) is 1. The minimum Gasteiger partial charge on any atom is -0.497 e. The van der Waals surface area contributed by atoms with Gasteiger partial charge in [0.15, 0.2) is 0 Å². The molecule has 154 valence electrons. The van der Waals surface area contributed by atoms with E-state index in [1.165, 1.54) is 0 Å². The second kappa shape index (κ2) is 10.2. The first-order chi connectivity index (χ1) is 13.7. The molecule has 8 heteroatoms. The van der Waals surface area contributed by atoms with Crippen molar-refractivity contribution < 1.29 is 19.1 Å². The van der Waals surface area contributed by atoms with Gasteiger partial charge < -0.3 is 24.6 Å². The quantitative estimate of drug-likeness (QED) is 0.753. The number of likely N-dealkylation sites (tertiary alicyclic amines) is 1. The number of benzene rings is 1. The molecule has 3 rings (SSSR count). The number of carbonyl (C=O) groups is 2. The highest BCUT2D eigenvalue weighted by molar-refractivity contribution is 5.84. The van der Waals surface area contributed by atoms with Crippen molar-refractivity contribution in [1.82, 2.24) is 20.0 Å². The summed E-state index contributed by atoms with van der Waals surface area (Å²) in [5, 5.41) is 2.76. The zero-order valence-electron chi connectivity index (χ0n) is 16.6. The summed E-state index contributed by atoms with van der Waals surface area (Å²) in [4.78, 5) is 30.2. The lowest BCUT2D eigenvalue weighted by Crippen LogP contribution is -2.53. The standard InChI is InChI=1S/C20H30N4O4/c1-27-17-5-4-6-18(15-17)28-14-13-22-9-11-24(12-10-22)20(26)21-16-19(25)23-7-2-3-8-23/h4-6,15H,2-3,7-14,16H2,1H3,(H,21,26). The van der Waals surface area contributed by atoms with Gasteiger partial charge in [0.25, 0.3) is 0 Å². The van der Waals surface area contributed by atoms with Crippen molar-refractivity contribution in [2.45, 2.75) is 12.8 Å². The average Bonchev–Trinajstić information content (AvgIpc) is 3.27. The van der Waals surface area contributed by atoms with Crippen molar-refractivity contribution in [2.75, 3.05) is 66.1 Å². The fraction of sp³-hybridized carbons (Fsp3) is 0.600. The van der Waals surface area contributed by atoms with E-state index >= 15 is 0 Å². The summed E-state index contributed by atoms with van der Waals surface area (Å²) in [7, 11) is 1.64. The molecule has 1 aromatic carbocycles. The minimum absolute atomic E-state index is 0.0131. The SMILES string of the molecule is COc1cccc(OCCN2CCN(C(=O)NCC(=O)N3CCCC3)CC2)c1. The van der Waals surface area contributed by atoms with Crippen LogP contribution in [0.15, 0.2) is 24.3 Å². The molecule has 2 aliphatic heterocycles. The lowest BCUT2D eigenvalue weighted by Gasteiger charge is -2.34. The van der Waals surface area contributed by atoms with Gasteiger partial charge in [0, 0.05) is 51.9 Å². The number of hydrogen-bond acceptors (Lipinski definition) is 5.